The largest absolute Gasteiger partial charge is 0.496 e. The summed E-state index contributed by atoms with van der Waals surface area (Å²) in [5.41, 5.74) is 1.59. The Morgan fingerprint density at radius 1 is 1.47 bits per heavy atom. The molecular formula is C15H18N2O2. The van der Waals surface area contributed by atoms with Gasteiger partial charge in [-0.05, 0) is 30.5 Å². The Balaban J connectivity index is 1.95. The van der Waals surface area contributed by atoms with Crippen LogP contribution < -0.4 is 4.74 Å². The zero-order valence-electron chi connectivity index (χ0n) is 11.3. The van der Waals surface area contributed by atoms with Crippen molar-refractivity contribution in [1.82, 2.24) is 9.88 Å². The van der Waals surface area contributed by atoms with Crippen molar-refractivity contribution in [1.29, 1.82) is 0 Å². The standard InChI is InChI=1S/C15H18N2O2/c1-10-6-7-17(9-10)15(18)13-8-11-12(16-13)4-3-5-14(11)19-2/h3-5,8,10,16H,6-7,9H2,1-2H3/t10-/m1/s1. The summed E-state index contributed by atoms with van der Waals surface area (Å²) in [5.74, 6) is 1.48. The van der Waals surface area contributed by atoms with Crippen LogP contribution in [0.1, 0.15) is 23.8 Å². The third kappa shape index (κ3) is 2.07. The molecule has 0 spiro atoms. The Morgan fingerprint density at radius 3 is 3.00 bits per heavy atom. The van der Waals surface area contributed by atoms with Crippen molar-refractivity contribution in [2.24, 2.45) is 5.92 Å². The molecule has 1 aliphatic rings. The molecular weight excluding hydrogens is 240 g/mol. The fraction of sp³-hybridized carbons (Fsp3) is 0.400. The number of fused-ring (bicyclic) bond motifs is 1. The van der Waals surface area contributed by atoms with Crippen LogP contribution in [0.25, 0.3) is 10.9 Å². The van der Waals surface area contributed by atoms with Crippen LogP contribution in [0.4, 0.5) is 0 Å². The smallest absolute Gasteiger partial charge is 0.270 e. The number of nitrogens with zero attached hydrogens (tertiary/aromatic N) is 1. The number of benzene rings is 1. The lowest BCUT2D eigenvalue weighted by molar-refractivity contribution is 0.0783. The van der Waals surface area contributed by atoms with Crippen LogP contribution in [0, 0.1) is 5.92 Å². The van der Waals surface area contributed by atoms with E-state index in [9.17, 15) is 4.79 Å². The zero-order chi connectivity index (χ0) is 13.4. The van der Waals surface area contributed by atoms with Crippen LogP contribution in [-0.2, 0) is 0 Å². The number of aromatic amines is 1. The fourth-order valence-electron chi connectivity index (χ4n) is 2.71. The number of carbonyl (C=O) groups is 1. The van der Waals surface area contributed by atoms with Crippen molar-refractivity contribution in [2.75, 3.05) is 20.2 Å². The molecule has 4 nitrogen and oxygen atoms in total. The molecule has 1 saturated heterocycles. The first-order chi connectivity index (χ1) is 9.19. The molecule has 2 aromatic rings. The molecule has 1 fully saturated rings. The molecule has 1 atom stereocenters. The highest BCUT2D eigenvalue weighted by molar-refractivity contribution is 5.99. The van der Waals surface area contributed by atoms with Gasteiger partial charge in [0.2, 0.25) is 0 Å². The van der Waals surface area contributed by atoms with Gasteiger partial charge in [-0.25, -0.2) is 0 Å². The Hall–Kier alpha value is -1.97. The summed E-state index contributed by atoms with van der Waals surface area (Å²) >= 11 is 0. The zero-order valence-corrected chi connectivity index (χ0v) is 11.3. The van der Waals surface area contributed by atoms with Crippen LogP contribution in [0.5, 0.6) is 5.75 Å². The maximum atomic E-state index is 12.4. The van der Waals surface area contributed by atoms with Crippen LogP contribution in [0.2, 0.25) is 0 Å². The molecule has 1 N–H and O–H groups in total. The van der Waals surface area contributed by atoms with E-state index in [0.717, 1.165) is 36.2 Å². The minimum absolute atomic E-state index is 0.0857. The lowest BCUT2D eigenvalue weighted by atomic mass is 10.2. The van der Waals surface area contributed by atoms with Crippen molar-refractivity contribution in [3.05, 3.63) is 30.0 Å². The number of H-pyrrole nitrogens is 1. The topological polar surface area (TPSA) is 45.3 Å². The second-order valence-corrected chi connectivity index (χ2v) is 5.25. The lowest BCUT2D eigenvalue weighted by Gasteiger charge is -2.14. The number of rotatable bonds is 2. The second-order valence-electron chi connectivity index (χ2n) is 5.25. The first kappa shape index (κ1) is 12.1. The van der Waals surface area contributed by atoms with E-state index in [2.05, 4.69) is 11.9 Å². The highest BCUT2D eigenvalue weighted by atomic mass is 16.5. The fourth-order valence-corrected chi connectivity index (χ4v) is 2.71. The van der Waals surface area contributed by atoms with E-state index in [-0.39, 0.29) is 5.91 Å². The van der Waals surface area contributed by atoms with Crippen molar-refractivity contribution in [3.8, 4) is 5.75 Å². The summed E-state index contributed by atoms with van der Waals surface area (Å²) in [5, 5.41) is 0.959. The average molecular weight is 258 g/mol. The number of methoxy groups -OCH3 is 1. The number of hydrogen-bond donors (Lipinski definition) is 1. The van der Waals surface area contributed by atoms with E-state index in [0.29, 0.717) is 11.6 Å². The molecule has 100 valence electrons. The molecule has 0 radical (unpaired) electrons. The number of hydrogen-bond acceptors (Lipinski definition) is 2. The Morgan fingerprint density at radius 2 is 2.32 bits per heavy atom. The third-order valence-electron chi connectivity index (χ3n) is 3.79. The average Bonchev–Trinajstić information content (AvgIpc) is 3.03. The van der Waals surface area contributed by atoms with E-state index in [4.69, 9.17) is 4.74 Å². The summed E-state index contributed by atoms with van der Waals surface area (Å²) in [7, 11) is 1.64. The summed E-state index contributed by atoms with van der Waals surface area (Å²) in [6.45, 7) is 3.89. The first-order valence-electron chi connectivity index (χ1n) is 6.64. The van der Waals surface area contributed by atoms with Gasteiger partial charge in [0, 0.05) is 24.0 Å². The van der Waals surface area contributed by atoms with Gasteiger partial charge in [0.25, 0.3) is 5.91 Å². The molecule has 3 rings (SSSR count). The van der Waals surface area contributed by atoms with Gasteiger partial charge in [-0.15, -0.1) is 0 Å². The number of amides is 1. The minimum Gasteiger partial charge on any atom is -0.496 e. The molecule has 1 amide bonds. The van der Waals surface area contributed by atoms with Crippen molar-refractivity contribution >= 4 is 16.8 Å². The summed E-state index contributed by atoms with van der Waals surface area (Å²) in [6, 6.07) is 7.67. The molecule has 1 aromatic heterocycles. The summed E-state index contributed by atoms with van der Waals surface area (Å²) in [6.07, 6.45) is 1.09. The Kier molecular flexibility index (Phi) is 2.93. The summed E-state index contributed by atoms with van der Waals surface area (Å²) in [4.78, 5) is 17.5. The van der Waals surface area contributed by atoms with Crippen LogP contribution in [-0.4, -0.2) is 36.0 Å². The monoisotopic (exact) mass is 258 g/mol. The number of aromatic nitrogens is 1. The highest BCUT2D eigenvalue weighted by Crippen LogP contribution is 2.27. The van der Waals surface area contributed by atoms with Crippen LogP contribution in [0.3, 0.4) is 0 Å². The molecule has 0 saturated carbocycles. The second kappa shape index (κ2) is 4.61. The van der Waals surface area contributed by atoms with Gasteiger partial charge in [0.1, 0.15) is 11.4 Å². The molecule has 0 aliphatic carbocycles. The number of nitrogens with one attached hydrogen (secondary N) is 1. The van der Waals surface area contributed by atoms with Crippen molar-refractivity contribution in [3.63, 3.8) is 0 Å². The normalized spacial score (nSPS) is 19.1. The minimum atomic E-state index is 0.0857. The number of ether oxygens (including phenoxy) is 1. The molecule has 1 aliphatic heterocycles. The maximum absolute atomic E-state index is 12.4. The van der Waals surface area contributed by atoms with Gasteiger partial charge in [0.05, 0.1) is 7.11 Å². The van der Waals surface area contributed by atoms with Gasteiger partial charge >= 0.3 is 0 Å². The van der Waals surface area contributed by atoms with E-state index < -0.39 is 0 Å². The van der Waals surface area contributed by atoms with E-state index in [1.54, 1.807) is 7.11 Å². The third-order valence-corrected chi connectivity index (χ3v) is 3.79. The van der Waals surface area contributed by atoms with Gasteiger partial charge in [-0.3, -0.25) is 4.79 Å². The highest BCUT2D eigenvalue weighted by Gasteiger charge is 2.25. The predicted octanol–water partition coefficient (Wildman–Crippen LogP) is 2.66. The Labute approximate surface area is 112 Å². The Bertz CT molecular complexity index is 618. The number of likely N-dealkylation sites (tertiary alicyclic amines) is 1. The SMILES string of the molecule is COc1cccc2[nH]c(C(=O)N3CC[C@@H](C)C3)cc12. The molecule has 2 heterocycles. The summed E-state index contributed by atoms with van der Waals surface area (Å²) < 4.78 is 5.32. The quantitative estimate of drug-likeness (QED) is 0.900. The van der Waals surface area contributed by atoms with E-state index >= 15 is 0 Å². The van der Waals surface area contributed by atoms with Crippen molar-refractivity contribution in [2.45, 2.75) is 13.3 Å². The van der Waals surface area contributed by atoms with Crippen LogP contribution >= 0.6 is 0 Å². The molecule has 1 aromatic carbocycles. The lowest BCUT2D eigenvalue weighted by Crippen LogP contribution is -2.28. The van der Waals surface area contributed by atoms with Gasteiger partial charge in [0.15, 0.2) is 0 Å². The van der Waals surface area contributed by atoms with Crippen LogP contribution in [0.15, 0.2) is 24.3 Å². The number of carbonyl (C=O) groups excluding carboxylic acids is 1. The van der Waals surface area contributed by atoms with Gasteiger partial charge in [-0.1, -0.05) is 13.0 Å². The molecule has 0 bridgehead atoms. The molecule has 0 unspecified atom stereocenters. The molecule has 19 heavy (non-hydrogen) atoms. The van der Waals surface area contributed by atoms with E-state index in [1.165, 1.54) is 0 Å². The van der Waals surface area contributed by atoms with E-state index in [1.807, 2.05) is 29.2 Å². The maximum Gasteiger partial charge on any atom is 0.270 e. The molecule has 4 heteroatoms. The predicted molar refractivity (Wildman–Crippen MR) is 74.5 cm³/mol. The first-order valence-corrected chi connectivity index (χ1v) is 6.64. The van der Waals surface area contributed by atoms with Crippen molar-refractivity contribution < 1.29 is 9.53 Å². The van der Waals surface area contributed by atoms with Gasteiger partial charge in [-0.2, -0.15) is 0 Å². The van der Waals surface area contributed by atoms with Gasteiger partial charge < -0.3 is 14.6 Å².